The standard InChI is InChI=1S/C48H51F2N7O12S/c1-2-23-70(64,65)56-38-10-9-37(49)42(43(38)50)44(60)36-28-54-45-34(36)24-31(27-53-45)30-5-3-29(4-6-30)26-52-40(58)13-15-66-17-19-68-21-22-69-20-18-67-16-14-51-32-7-8-33-35(25-32)48(63)57(47(33)62)39-11-12-41(59)55-46(39)61/h3-10,24-25,27-28,39,51,56H,2,11-23,26H2,1H3,(H,52,58)(H,53,54)(H,55,59,61). The fraction of sp³-hybridized carbons (Fsp3) is 0.354. The highest BCUT2D eigenvalue weighted by Crippen LogP contribution is 2.31. The molecule has 5 N–H and O–H groups in total. The summed E-state index contributed by atoms with van der Waals surface area (Å²) in [6.45, 7) is 4.86. The van der Waals surface area contributed by atoms with Gasteiger partial charge in [-0.15, -0.1) is 0 Å². The zero-order valence-electron chi connectivity index (χ0n) is 38.1. The second kappa shape index (κ2) is 23.6. The molecule has 1 unspecified atom stereocenters. The molecule has 0 radical (unpaired) electrons. The van der Waals surface area contributed by atoms with Crippen LogP contribution in [0, 0.1) is 11.6 Å². The number of imide groups is 2. The minimum Gasteiger partial charge on any atom is -0.383 e. The van der Waals surface area contributed by atoms with Crippen LogP contribution >= 0.6 is 0 Å². The van der Waals surface area contributed by atoms with E-state index in [2.05, 4.69) is 30.6 Å². The van der Waals surface area contributed by atoms with Crippen LogP contribution in [0.25, 0.3) is 22.2 Å². The Kier molecular flexibility index (Phi) is 17.1. The second-order valence-electron chi connectivity index (χ2n) is 16.2. The number of aromatic nitrogens is 2. The minimum absolute atomic E-state index is 0.0487. The van der Waals surface area contributed by atoms with E-state index in [0.717, 1.165) is 28.2 Å². The van der Waals surface area contributed by atoms with Crippen LogP contribution in [-0.2, 0) is 49.9 Å². The molecule has 7 rings (SSSR count). The molecule has 1 fully saturated rings. The zero-order chi connectivity index (χ0) is 49.8. The molecule has 19 nitrogen and oxygen atoms in total. The van der Waals surface area contributed by atoms with Crippen molar-refractivity contribution < 1.29 is 64.9 Å². The van der Waals surface area contributed by atoms with Gasteiger partial charge in [0.25, 0.3) is 11.8 Å². The third kappa shape index (κ3) is 12.6. The van der Waals surface area contributed by atoms with Crippen molar-refractivity contribution in [1.82, 2.24) is 25.5 Å². The highest BCUT2D eigenvalue weighted by atomic mass is 32.2. The number of nitrogens with one attached hydrogen (secondary N) is 5. The lowest BCUT2D eigenvalue weighted by molar-refractivity contribution is -0.136. The molecule has 2 aliphatic rings. The summed E-state index contributed by atoms with van der Waals surface area (Å²) in [6, 6.07) is 14.4. The van der Waals surface area contributed by atoms with Crippen LogP contribution < -0.4 is 20.7 Å². The van der Waals surface area contributed by atoms with Gasteiger partial charge in [-0.2, -0.15) is 0 Å². The Bertz CT molecular complexity index is 2880. The van der Waals surface area contributed by atoms with E-state index < -0.39 is 68.4 Å². The Morgan fingerprint density at radius 2 is 1.51 bits per heavy atom. The Morgan fingerprint density at radius 3 is 2.21 bits per heavy atom. The number of fused-ring (bicyclic) bond motifs is 2. The minimum atomic E-state index is -3.91. The number of benzene rings is 3. The van der Waals surface area contributed by atoms with E-state index in [4.69, 9.17) is 18.9 Å². The number of hydrogen-bond donors (Lipinski definition) is 5. The van der Waals surface area contributed by atoms with E-state index in [-0.39, 0.29) is 67.2 Å². The number of hydrogen-bond acceptors (Lipinski definition) is 14. The smallest absolute Gasteiger partial charge is 0.262 e. The monoisotopic (exact) mass is 987 g/mol. The van der Waals surface area contributed by atoms with Gasteiger partial charge in [-0.05, 0) is 60.4 Å². The number of pyridine rings is 1. The number of ketones is 1. The summed E-state index contributed by atoms with van der Waals surface area (Å²) >= 11 is 0. The predicted molar refractivity (Wildman–Crippen MR) is 250 cm³/mol. The second-order valence-corrected chi connectivity index (χ2v) is 18.0. The maximum Gasteiger partial charge on any atom is 0.262 e. The summed E-state index contributed by atoms with van der Waals surface area (Å²) in [6.07, 6.45) is 3.43. The molecule has 1 atom stereocenters. The molecule has 370 valence electrons. The van der Waals surface area contributed by atoms with E-state index >= 15 is 4.39 Å². The summed E-state index contributed by atoms with van der Waals surface area (Å²) in [5.74, 6) is -6.18. The van der Waals surface area contributed by atoms with Crippen molar-refractivity contribution in [3.8, 4) is 11.1 Å². The summed E-state index contributed by atoms with van der Waals surface area (Å²) in [5.41, 5.74) is 1.97. The van der Waals surface area contributed by atoms with Gasteiger partial charge >= 0.3 is 0 Å². The van der Waals surface area contributed by atoms with Crippen molar-refractivity contribution in [3.05, 3.63) is 113 Å². The molecule has 1 saturated heterocycles. The summed E-state index contributed by atoms with van der Waals surface area (Å²) in [5, 5.41) is 8.48. The predicted octanol–water partition coefficient (Wildman–Crippen LogP) is 4.48. The number of piperidine rings is 1. The molecule has 0 saturated carbocycles. The van der Waals surface area contributed by atoms with E-state index in [9.17, 15) is 41.6 Å². The fourth-order valence-corrected chi connectivity index (χ4v) is 8.82. The molecule has 22 heteroatoms. The highest BCUT2D eigenvalue weighted by Gasteiger charge is 2.44. The Balaban J connectivity index is 0.729. The maximum absolute atomic E-state index is 15.4. The number of H-pyrrole nitrogens is 1. The molecule has 5 amide bonds. The molecular weight excluding hydrogens is 937 g/mol. The molecule has 4 heterocycles. The van der Waals surface area contributed by atoms with E-state index in [1.54, 1.807) is 31.3 Å². The van der Waals surface area contributed by atoms with Crippen molar-refractivity contribution in [2.24, 2.45) is 0 Å². The van der Waals surface area contributed by atoms with E-state index in [1.165, 1.54) is 12.3 Å². The van der Waals surface area contributed by atoms with Crippen LogP contribution in [-0.4, -0.2) is 130 Å². The quantitative estimate of drug-likeness (QED) is 0.0291. The number of ether oxygens (including phenoxy) is 4. The van der Waals surface area contributed by atoms with Crippen LogP contribution in [0.5, 0.6) is 0 Å². The first-order valence-corrected chi connectivity index (χ1v) is 24.2. The van der Waals surface area contributed by atoms with Gasteiger partial charge in [0.15, 0.2) is 5.82 Å². The lowest BCUT2D eigenvalue weighted by Crippen LogP contribution is -2.54. The first kappa shape index (κ1) is 50.9. The number of aromatic amines is 1. The molecule has 2 aliphatic heterocycles. The van der Waals surface area contributed by atoms with Gasteiger partial charge in [0, 0.05) is 60.5 Å². The number of carbonyl (C=O) groups is 6. The van der Waals surface area contributed by atoms with Gasteiger partial charge in [-0.25, -0.2) is 22.2 Å². The third-order valence-electron chi connectivity index (χ3n) is 11.2. The van der Waals surface area contributed by atoms with Gasteiger partial charge in [0.2, 0.25) is 33.5 Å². The number of sulfonamides is 1. The lowest BCUT2D eigenvalue weighted by Gasteiger charge is -2.27. The maximum atomic E-state index is 15.4. The van der Waals surface area contributed by atoms with Crippen molar-refractivity contribution >= 4 is 67.8 Å². The van der Waals surface area contributed by atoms with Crippen molar-refractivity contribution in [2.75, 3.05) is 75.2 Å². The van der Waals surface area contributed by atoms with Crippen molar-refractivity contribution in [2.45, 2.75) is 45.2 Å². The van der Waals surface area contributed by atoms with Gasteiger partial charge in [0.1, 0.15) is 17.5 Å². The Labute approximate surface area is 401 Å². The van der Waals surface area contributed by atoms with Crippen molar-refractivity contribution in [3.63, 3.8) is 0 Å². The number of rotatable bonds is 26. The van der Waals surface area contributed by atoms with Gasteiger partial charge in [-0.1, -0.05) is 31.2 Å². The van der Waals surface area contributed by atoms with Crippen LogP contribution in [0.15, 0.2) is 73.1 Å². The average molecular weight is 988 g/mol. The summed E-state index contributed by atoms with van der Waals surface area (Å²) in [7, 11) is -3.91. The molecule has 0 bridgehead atoms. The zero-order valence-corrected chi connectivity index (χ0v) is 38.9. The normalized spacial score (nSPS) is 14.8. The number of carbonyl (C=O) groups excluding carboxylic acids is 6. The molecule has 0 aliphatic carbocycles. The number of halogens is 2. The van der Waals surface area contributed by atoms with Crippen LogP contribution in [0.3, 0.4) is 0 Å². The largest absolute Gasteiger partial charge is 0.383 e. The molecule has 2 aromatic heterocycles. The van der Waals surface area contributed by atoms with Gasteiger partial charge in [-0.3, -0.25) is 43.7 Å². The Hall–Kier alpha value is -6.98. The molecule has 70 heavy (non-hydrogen) atoms. The van der Waals surface area contributed by atoms with Crippen LogP contribution in [0.1, 0.15) is 74.8 Å². The van der Waals surface area contributed by atoms with E-state index in [0.29, 0.717) is 75.1 Å². The number of nitrogens with zero attached hydrogens (tertiary/aromatic N) is 2. The molecular formula is C48H51F2N7O12S. The first-order valence-electron chi connectivity index (χ1n) is 22.5. The average Bonchev–Trinajstić information content (AvgIpc) is 3.87. The van der Waals surface area contributed by atoms with Gasteiger partial charge < -0.3 is 34.6 Å². The fourth-order valence-electron chi connectivity index (χ4n) is 7.69. The van der Waals surface area contributed by atoms with Crippen molar-refractivity contribution in [1.29, 1.82) is 0 Å². The molecule has 0 spiro atoms. The molecule has 3 aromatic carbocycles. The highest BCUT2D eigenvalue weighted by molar-refractivity contribution is 7.92. The number of amides is 5. The SMILES string of the molecule is CCCS(=O)(=O)Nc1ccc(F)c(C(=O)c2c[nH]c3ncc(-c4ccc(CNC(=O)CCOCCOCCOCCOCCNc5ccc6c(c5)C(=O)N(C5CCC(=O)NC5=O)C6=O)cc4)cc23)c1F. The molecule has 5 aromatic rings. The summed E-state index contributed by atoms with van der Waals surface area (Å²) in [4.78, 5) is 83.8. The third-order valence-corrected chi connectivity index (χ3v) is 12.7. The lowest BCUT2D eigenvalue weighted by atomic mass is 9.99. The first-order chi connectivity index (χ1) is 33.7. The number of anilines is 2. The van der Waals surface area contributed by atoms with Crippen LogP contribution in [0.2, 0.25) is 0 Å². The topological polar surface area (TPSA) is 254 Å². The summed E-state index contributed by atoms with van der Waals surface area (Å²) < 4.78 is 79.1. The van der Waals surface area contributed by atoms with E-state index in [1.807, 2.05) is 24.3 Å². The Morgan fingerprint density at radius 1 is 0.829 bits per heavy atom. The van der Waals surface area contributed by atoms with Crippen LogP contribution in [0.4, 0.5) is 20.2 Å². The van der Waals surface area contributed by atoms with Gasteiger partial charge in [0.05, 0.1) is 81.0 Å².